The Morgan fingerprint density at radius 3 is 2.59 bits per heavy atom. The fourth-order valence-corrected chi connectivity index (χ4v) is 1.06. The lowest BCUT2D eigenvalue weighted by atomic mass is 10.4. The number of hydrogen-bond donors (Lipinski definition) is 3. The zero-order chi connectivity index (χ0) is 12.8. The van der Waals surface area contributed by atoms with Crippen molar-refractivity contribution in [2.24, 2.45) is 7.05 Å². The Labute approximate surface area is 96.6 Å². The number of carbonyl (C=O) groups is 3. The molecule has 0 fully saturated rings. The summed E-state index contributed by atoms with van der Waals surface area (Å²) in [5.74, 6) is -2.16. The maximum Gasteiger partial charge on any atom is 0.322 e. The number of nitrogens with one attached hydrogen (secondary N) is 2. The van der Waals surface area contributed by atoms with Crippen molar-refractivity contribution < 1.29 is 19.5 Å². The molecule has 1 aromatic rings. The Bertz CT molecular complexity index is 440. The van der Waals surface area contributed by atoms with Crippen molar-refractivity contribution in [3.8, 4) is 0 Å². The molecule has 8 heteroatoms. The van der Waals surface area contributed by atoms with Crippen molar-refractivity contribution in [1.29, 1.82) is 0 Å². The molecule has 8 nitrogen and oxygen atoms in total. The number of amides is 2. The van der Waals surface area contributed by atoms with Crippen molar-refractivity contribution in [2.75, 3.05) is 13.1 Å². The molecule has 1 aromatic heterocycles. The summed E-state index contributed by atoms with van der Waals surface area (Å²) in [6.45, 7) is -0.752. The molecular formula is C9H12N4O4. The second-order valence-electron chi connectivity index (χ2n) is 3.24. The topological polar surface area (TPSA) is 113 Å². The predicted molar refractivity (Wildman–Crippen MR) is 56.2 cm³/mol. The number of carbonyl (C=O) groups excluding carboxylic acids is 2. The average molecular weight is 240 g/mol. The molecule has 0 unspecified atom stereocenters. The first kappa shape index (κ1) is 12.7. The summed E-state index contributed by atoms with van der Waals surface area (Å²) in [5, 5.41) is 12.8. The summed E-state index contributed by atoms with van der Waals surface area (Å²) >= 11 is 0. The summed E-state index contributed by atoms with van der Waals surface area (Å²) in [7, 11) is 1.65. The smallest absolute Gasteiger partial charge is 0.322 e. The SMILES string of the molecule is Cn1cncc1C(=O)NCC(=O)NCC(=O)O. The number of carboxylic acid groups (broad SMARTS) is 1. The van der Waals surface area contributed by atoms with Gasteiger partial charge in [0.1, 0.15) is 12.2 Å². The number of rotatable bonds is 5. The minimum Gasteiger partial charge on any atom is -0.480 e. The third kappa shape index (κ3) is 3.93. The van der Waals surface area contributed by atoms with Gasteiger partial charge >= 0.3 is 5.97 Å². The van der Waals surface area contributed by atoms with E-state index in [1.54, 1.807) is 7.05 Å². The van der Waals surface area contributed by atoms with Gasteiger partial charge in [0.05, 0.1) is 19.1 Å². The molecule has 0 radical (unpaired) electrons. The highest BCUT2D eigenvalue weighted by atomic mass is 16.4. The molecule has 1 heterocycles. The van der Waals surface area contributed by atoms with E-state index in [-0.39, 0.29) is 6.54 Å². The van der Waals surface area contributed by atoms with E-state index in [2.05, 4.69) is 15.6 Å². The van der Waals surface area contributed by atoms with E-state index in [9.17, 15) is 14.4 Å². The molecule has 0 aliphatic rings. The van der Waals surface area contributed by atoms with Gasteiger partial charge < -0.3 is 20.3 Å². The molecule has 0 aliphatic heterocycles. The predicted octanol–water partition coefficient (Wildman–Crippen LogP) is -1.65. The number of hydrogen-bond acceptors (Lipinski definition) is 4. The minimum absolute atomic E-state index is 0.280. The number of aromatic nitrogens is 2. The number of imidazole rings is 1. The van der Waals surface area contributed by atoms with Gasteiger partial charge in [0.2, 0.25) is 5.91 Å². The monoisotopic (exact) mass is 240 g/mol. The van der Waals surface area contributed by atoms with Crippen molar-refractivity contribution in [3.05, 3.63) is 18.2 Å². The second-order valence-corrected chi connectivity index (χ2v) is 3.24. The first-order valence-corrected chi connectivity index (χ1v) is 4.73. The highest BCUT2D eigenvalue weighted by Gasteiger charge is 2.11. The van der Waals surface area contributed by atoms with Crippen LogP contribution in [-0.4, -0.2) is 45.5 Å². The summed E-state index contributed by atoms with van der Waals surface area (Å²) in [6, 6.07) is 0. The van der Waals surface area contributed by atoms with Gasteiger partial charge in [0, 0.05) is 7.05 Å². The molecule has 0 atom stereocenters. The lowest BCUT2D eigenvalue weighted by molar-refractivity contribution is -0.137. The molecule has 0 bridgehead atoms. The Kier molecular flexibility index (Phi) is 4.21. The first-order valence-electron chi connectivity index (χ1n) is 4.73. The van der Waals surface area contributed by atoms with Gasteiger partial charge in [-0.3, -0.25) is 14.4 Å². The van der Waals surface area contributed by atoms with Gasteiger partial charge in [0.25, 0.3) is 5.91 Å². The van der Waals surface area contributed by atoms with Gasteiger partial charge in [0.15, 0.2) is 0 Å². The quantitative estimate of drug-likeness (QED) is 0.570. The molecule has 0 aromatic carbocycles. The normalized spacial score (nSPS) is 9.71. The van der Waals surface area contributed by atoms with Crippen LogP contribution in [0.3, 0.4) is 0 Å². The highest BCUT2D eigenvalue weighted by molar-refractivity contribution is 5.95. The zero-order valence-electron chi connectivity index (χ0n) is 9.14. The Morgan fingerprint density at radius 1 is 1.35 bits per heavy atom. The largest absolute Gasteiger partial charge is 0.480 e. The lowest BCUT2D eigenvalue weighted by Gasteiger charge is -2.05. The van der Waals surface area contributed by atoms with Gasteiger partial charge in [-0.05, 0) is 0 Å². The van der Waals surface area contributed by atoms with Crippen molar-refractivity contribution >= 4 is 17.8 Å². The van der Waals surface area contributed by atoms with Crippen molar-refractivity contribution in [1.82, 2.24) is 20.2 Å². The van der Waals surface area contributed by atoms with Gasteiger partial charge in [-0.1, -0.05) is 0 Å². The second kappa shape index (κ2) is 5.64. The molecule has 2 amide bonds. The van der Waals surface area contributed by atoms with E-state index < -0.39 is 24.3 Å². The summed E-state index contributed by atoms with van der Waals surface area (Å²) < 4.78 is 1.50. The van der Waals surface area contributed by atoms with Crippen LogP contribution in [0.15, 0.2) is 12.5 Å². The summed E-state index contributed by atoms with van der Waals surface area (Å²) in [5.41, 5.74) is 0.316. The molecule has 0 spiro atoms. The summed E-state index contributed by atoms with van der Waals surface area (Å²) in [4.78, 5) is 36.5. The minimum atomic E-state index is -1.14. The third-order valence-corrected chi connectivity index (χ3v) is 1.90. The lowest BCUT2D eigenvalue weighted by Crippen LogP contribution is -2.39. The highest BCUT2D eigenvalue weighted by Crippen LogP contribution is 1.94. The van der Waals surface area contributed by atoms with Crippen LogP contribution in [0.5, 0.6) is 0 Å². The van der Waals surface area contributed by atoms with E-state index in [0.717, 1.165) is 0 Å². The number of carboxylic acids is 1. The third-order valence-electron chi connectivity index (χ3n) is 1.90. The van der Waals surface area contributed by atoms with Gasteiger partial charge in [-0.25, -0.2) is 4.98 Å². The molecular weight excluding hydrogens is 228 g/mol. The molecule has 0 aliphatic carbocycles. The van der Waals surface area contributed by atoms with Crippen molar-refractivity contribution in [3.63, 3.8) is 0 Å². The van der Waals surface area contributed by atoms with E-state index in [1.807, 2.05) is 0 Å². The molecule has 0 saturated heterocycles. The molecule has 3 N–H and O–H groups in total. The van der Waals surface area contributed by atoms with Crippen LogP contribution in [0.1, 0.15) is 10.5 Å². The fourth-order valence-electron chi connectivity index (χ4n) is 1.06. The molecule has 1 rings (SSSR count). The number of aliphatic carboxylic acids is 1. The number of aryl methyl sites for hydroxylation is 1. The Hall–Kier alpha value is -2.38. The van der Waals surface area contributed by atoms with E-state index >= 15 is 0 Å². The van der Waals surface area contributed by atoms with Crippen LogP contribution in [0.2, 0.25) is 0 Å². The fraction of sp³-hybridized carbons (Fsp3) is 0.333. The van der Waals surface area contributed by atoms with Crippen LogP contribution < -0.4 is 10.6 Å². The zero-order valence-corrected chi connectivity index (χ0v) is 9.14. The van der Waals surface area contributed by atoms with Crippen LogP contribution in [-0.2, 0) is 16.6 Å². The Balaban J connectivity index is 2.36. The molecule has 92 valence electrons. The Morgan fingerprint density at radius 2 is 2.06 bits per heavy atom. The van der Waals surface area contributed by atoms with Gasteiger partial charge in [-0.15, -0.1) is 0 Å². The number of nitrogens with zero attached hydrogens (tertiary/aromatic N) is 2. The van der Waals surface area contributed by atoms with Crippen LogP contribution in [0, 0.1) is 0 Å². The van der Waals surface area contributed by atoms with Crippen LogP contribution in [0.4, 0.5) is 0 Å². The van der Waals surface area contributed by atoms with E-state index in [4.69, 9.17) is 5.11 Å². The van der Waals surface area contributed by atoms with Crippen LogP contribution in [0.25, 0.3) is 0 Å². The maximum absolute atomic E-state index is 11.5. The molecule has 0 saturated carbocycles. The standard InChI is InChI=1S/C9H12N4O4/c1-13-5-10-2-6(13)9(17)12-3-7(14)11-4-8(15)16/h2,5H,3-4H2,1H3,(H,11,14)(H,12,17)(H,15,16). The maximum atomic E-state index is 11.5. The average Bonchev–Trinajstić information content (AvgIpc) is 2.69. The van der Waals surface area contributed by atoms with E-state index in [1.165, 1.54) is 17.1 Å². The summed E-state index contributed by atoms with van der Waals surface area (Å²) in [6.07, 6.45) is 2.82. The van der Waals surface area contributed by atoms with Crippen LogP contribution >= 0.6 is 0 Å². The first-order chi connectivity index (χ1) is 8.00. The molecule has 17 heavy (non-hydrogen) atoms. The van der Waals surface area contributed by atoms with Crippen molar-refractivity contribution in [2.45, 2.75) is 0 Å². The van der Waals surface area contributed by atoms with E-state index in [0.29, 0.717) is 5.69 Å². The van der Waals surface area contributed by atoms with Gasteiger partial charge in [-0.2, -0.15) is 0 Å².